The molecule has 5 rings (SSSR count). The second-order valence-electron chi connectivity index (χ2n) is 8.82. The summed E-state index contributed by atoms with van der Waals surface area (Å²) in [4.78, 5) is 26.5. The first-order chi connectivity index (χ1) is 17.5. The number of rotatable bonds is 7. The lowest BCUT2D eigenvalue weighted by Gasteiger charge is -2.49. The Bertz CT molecular complexity index is 1370. The smallest absolute Gasteiger partial charge is 0.315 e. The molecule has 0 unspecified atom stereocenters. The molecule has 1 saturated carbocycles. The third-order valence-corrected chi connectivity index (χ3v) is 7.06. The Kier molecular flexibility index (Phi) is 6.34. The summed E-state index contributed by atoms with van der Waals surface area (Å²) < 4.78 is 17.1. The van der Waals surface area contributed by atoms with Crippen molar-refractivity contribution in [3.8, 4) is 17.2 Å². The Morgan fingerprint density at radius 1 is 0.639 bits per heavy atom. The van der Waals surface area contributed by atoms with Gasteiger partial charge in [-0.1, -0.05) is 72.8 Å². The van der Waals surface area contributed by atoms with Gasteiger partial charge in [-0.2, -0.15) is 0 Å². The molecule has 6 nitrogen and oxygen atoms in total. The fourth-order valence-electron chi connectivity index (χ4n) is 5.47. The van der Waals surface area contributed by atoms with Crippen LogP contribution in [0.1, 0.15) is 23.0 Å². The lowest BCUT2D eigenvalue weighted by atomic mass is 9.52. The van der Waals surface area contributed by atoms with E-state index in [0.29, 0.717) is 28.4 Å². The number of aliphatic carboxylic acids is 1. The van der Waals surface area contributed by atoms with Crippen molar-refractivity contribution < 1.29 is 28.9 Å². The molecule has 0 aliphatic heterocycles. The summed E-state index contributed by atoms with van der Waals surface area (Å²) >= 11 is 0. The molecule has 0 amide bonds. The summed E-state index contributed by atoms with van der Waals surface area (Å²) in [5, 5.41) is 12.1. The first-order valence-corrected chi connectivity index (χ1v) is 11.7. The van der Waals surface area contributed by atoms with Crippen LogP contribution in [-0.4, -0.2) is 31.3 Å². The number of carboxylic acids is 1. The quantitative estimate of drug-likeness (QED) is 0.270. The molecule has 0 spiro atoms. The highest BCUT2D eigenvalue weighted by Gasteiger charge is 2.60. The molecule has 0 radical (unpaired) electrons. The van der Waals surface area contributed by atoms with Crippen LogP contribution in [0.4, 0.5) is 0 Å². The fourth-order valence-corrected chi connectivity index (χ4v) is 5.47. The van der Waals surface area contributed by atoms with Crippen molar-refractivity contribution in [3.63, 3.8) is 0 Å². The number of fused-ring (bicyclic) bond motifs is 1. The van der Waals surface area contributed by atoms with Crippen LogP contribution in [0.3, 0.4) is 0 Å². The van der Waals surface area contributed by atoms with Crippen molar-refractivity contribution in [3.05, 3.63) is 102 Å². The number of benzene rings is 4. The Hall–Kier alpha value is -4.32. The Morgan fingerprint density at radius 2 is 1.14 bits per heavy atom. The number of hydrogen-bond donors (Lipinski definition) is 1. The minimum absolute atomic E-state index is 0.439. The summed E-state index contributed by atoms with van der Waals surface area (Å²) in [6.45, 7) is 0. The van der Waals surface area contributed by atoms with E-state index in [2.05, 4.69) is 0 Å². The molecule has 0 heterocycles. The van der Waals surface area contributed by atoms with Gasteiger partial charge in [-0.25, -0.2) is 0 Å². The molecule has 1 aliphatic rings. The second kappa shape index (κ2) is 9.74. The maximum absolute atomic E-state index is 13.9. The minimum Gasteiger partial charge on any atom is -0.496 e. The van der Waals surface area contributed by atoms with Gasteiger partial charge < -0.3 is 19.3 Å². The highest BCUT2D eigenvalue weighted by atomic mass is 16.5. The van der Waals surface area contributed by atoms with Crippen molar-refractivity contribution >= 4 is 22.7 Å². The van der Waals surface area contributed by atoms with Gasteiger partial charge in [0.25, 0.3) is 0 Å². The molecule has 1 aliphatic carbocycles. The van der Waals surface area contributed by atoms with E-state index in [0.717, 1.165) is 10.8 Å². The number of esters is 1. The molecule has 182 valence electrons. The summed E-state index contributed by atoms with van der Waals surface area (Å²) in [7, 11) is 3.07. The van der Waals surface area contributed by atoms with E-state index in [1.807, 2.05) is 72.8 Å². The average Bonchev–Trinajstić information content (AvgIpc) is 2.88. The predicted molar refractivity (Wildman–Crippen MR) is 136 cm³/mol. The van der Waals surface area contributed by atoms with E-state index in [-0.39, 0.29) is 0 Å². The summed E-state index contributed by atoms with van der Waals surface area (Å²) in [6, 6.07) is 27.7. The highest BCUT2D eigenvalue weighted by molar-refractivity contribution is 5.92. The third kappa shape index (κ3) is 3.94. The van der Waals surface area contributed by atoms with Crippen molar-refractivity contribution in [2.75, 3.05) is 14.2 Å². The standard InChI is InChI=1S/C30H26O6/c1-34-22-15-7-5-13-20(22)25-27(29(31)32)26(21-14-6-8-16-23(21)35-2)28(25)30(33)36-24-17-9-11-18-10-3-4-12-19(18)24/h3-17,25-28H,1-2H3,(H,31,32)/t25-,26-,27-,28+/m0/s1. The van der Waals surface area contributed by atoms with E-state index in [1.165, 1.54) is 14.2 Å². The van der Waals surface area contributed by atoms with Gasteiger partial charge >= 0.3 is 11.9 Å². The molecular weight excluding hydrogens is 456 g/mol. The number of carboxylic acid groups (broad SMARTS) is 1. The maximum Gasteiger partial charge on any atom is 0.315 e. The van der Waals surface area contributed by atoms with Gasteiger partial charge in [-0.05, 0) is 34.7 Å². The second-order valence-corrected chi connectivity index (χ2v) is 8.82. The normalized spacial score (nSPS) is 20.8. The predicted octanol–water partition coefficient (Wildman–Crippen LogP) is 5.66. The summed E-state index contributed by atoms with van der Waals surface area (Å²) in [5.74, 6) is -2.89. The maximum atomic E-state index is 13.9. The zero-order valence-electron chi connectivity index (χ0n) is 20.0. The molecular formula is C30H26O6. The first kappa shape index (κ1) is 23.4. The van der Waals surface area contributed by atoms with Crippen LogP contribution in [0.2, 0.25) is 0 Å². The first-order valence-electron chi connectivity index (χ1n) is 11.7. The zero-order valence-corrected chi connectivity index (χ0v) is 20.0. The van der Waals surface area contributed by atoms with E-state index < -0.39 is 35.6 Å². The molecule has 0 saturated heterocycles. The van der Waals surface area contributed by atoms with Crippen LogP contribution < -0.4 is 14.2 Å². The van der Waals surface area contributed by atoms with Crippen LogP contribution in [-0.2, 0) is 9.59 Å². The summed E-state index contributed by atoms with van der Waals surface area (Å²) in [5.41, 5.74) is 1.33. The van der Waals surface area contributed by atoms with E-state index >= 15 is 0 Å². The van der Waals surface area contributed by atoms with Gasteiger partial charge in [0.2, 0.25) is 0 Å². The Balaban J connectivity index is 1.62. The van der Waals surface area contributed by atoms with Gasteiger partial charge in [-0.3, -0.25) is 9.59 Å². The molecule has 4 aromatic rings. The summed E-state index contributed by atoms with van der Waals surface area (Å²) in [6.07, 6.45) is 0. The molecule has 1 fully saturated rings. The number of para-hydroxylation sites is 2. The van der Waals surface area contributed by atoms with Crippen LogP contribution >= 0.6 is 0 Å². The highest BCUT2D eigenvalue weighted by Crippen LogP contribution is 2.60. The molecule has 4 aromatic carbocycles. The van der Waals surface area contributed by atoms with Crippen molar-refractivity contribution in [1.82, 2.24) is 0 Å². The Labute approximate surface area is 209 Å². The Morgan fingerprint density at radius 3 is 1.72 bits per heavy atom. The number of ether oxygens (including phenoxy) is 3. The van der Waals surface area contributed by atoms with Gasteiger partial charge in [0.05, 0.1) is 26.1 Å². The number of hydrogen-bond acceptors (Lipinski definition) is 5. The molecule has 0 aromatic heterocycles. The van der Waals surface area contributed by atoms with E-state index in [4.69, 9.17) is 14.2 Å². The number of methoxy groups -OCH3 is 2. The fraction of sp³-hybridized carbons (Fsp3) is 0.200. The third-order valence-electron chi connectivity index (χ3n) is 7.06. The molecule has 6 heteroatoms. The average molecular weight is 483 g/mol. The molecule has 0 bridgehead atoms. The van der Waals surface area contributed by atoms with Gasteiger partial charge in [0, 0.05) is 17.2 Å². The van der Waals surface area contributed by atoms with Crippen LogP contribution in [0.25, 0.3) is 10.8 Å². The van der Waals surface area contributed by atoms with Gasteiger partial charge in [0.1, 0.15) is 17.2 Å². The number of carbonyl (C=O) groups excluding carboxylic acids is 1. The largest absolute Gasteiger partial charge is 0.496 e. The van der Waals surface area contributed by atoms with Crippen molar-refractivity contribution in [1.29, 1.82) is 0 Å². The lowest BCUT2D eigenvalue weighted by Crippen LogP contribution is -2.52. The SMILES string of the molecule is COc1ccccc1[C@H]1[C@H](C(=O)O)[C@H](c2ccccc2OC)[C@@H]1C(=O)Oc1cccc2ccccc12. The van der Waals surface area contributed by atoms with Crippen molar-refractivity contribution in [2.45, 2.75) is 11.8 Å². The van der Waals surface area contributed by atoms with Crippen LogP contribution in [0.15, 0.2) is 91.0 Å². The molecule has 1 N–H and O–H groups in total. The van der Waals surface area contributed by atoms with Gasteiger partial charge in [0.15, 0.2) is 0 Å². The van der Waals surface area contributed by atoms with Crippen LogP contribution in [0, 0.1) is 11.8 Å². The lowest BCUT2D eigenvalue weighted by molar-refractivity contribution is -0.158. The van der Waals surface area contributed by atoms with Crippen LogP contribution in [0.5, 0.6) is 17.2 Å². The van der Waals surface area contributed by atoms with E-state index in [1.54, 1.807) is 18.2 Å². The zero-order chi connectivity index (χ0) is 25.2. The van der Waals surface area contributed by atoms with E-state index in [9.17, 15) is 14.7 Å². The van der Waals surface area contributed by atoms with Gasteiger partial charge in [-0.15, -0.1) is 0 Å². The molecule has 36 heavy (non-hydrogen) atoms. The van der Waals surface area contributed by atoms with Crippen molar-refractivity contribution in [2.24, 2.45) is 11.8 Å². The topological polar surface area (TPSA) is 82.1 Å². The monoisotopic (exact) mass is 482 g/mol. The molecule has 2 atom stereocenters. The number of carbonyl (C=O) groups is 2. The minimum atomic E-state index is -0.990.